The van der Waals surface area contributed by atoms with Gasteiger partial charge in [-0.2, -0.15) is 5.10 Å². The van der Waals surface area contributed by atoms with Crippen LogP contribution in [0.3, 0.4) is 0 Å². The topological polar surface area (TPSA) is 62.7 Å². The summed E-state index contributed by atoms with van der Waals surface area (Å²) in [5.74, 6) is 0.428. The third-order valence-corrected chi connectivity index (χ3v) is 4.15. The van der Waals surface area contributed by atoms with Crippen LogP contribution >= 0.6 is 0 Å². The van der Waals surface area contributed by atoms with Gasteiger partial charge in [-0.1, -0.05) is 78.9 Å². The molecule has 0 spiro atoms. The van der Waals surface area contributed by atoms with E-state index in [1.54, 1.807) is 7.11 Å². The average molecular weight is 385 g/mol. The molecule has 0 aromatic heterocycles. The molecule has 0 unspecified atom stereocenters. The van der Waals surface area contributed by atoms with E-state index >= 15 is 0 Å². The molecular formula is C24H23N3O2. The van der Waals surface area contributed by atoms with Gasteiger partial charge < -0.3 is 10.1 Å². The zero-order valence-corrected chi connectivity index (χ0v) is 16.2. The zero-order chi connectivity index (χ0) is 20.3. The van der Waals surface area contributed by atoms with Crippen molar-refractivity contribution in [3.05, 3.63) is 102 Å². The number of para-hydroxylation sites is 2. The number of anilines is 1. The Morgan fingerprint density at radius 3 is 2.31 bits per heavy atom. The molecule has 0 atom stereocenters. The lowest BCUT2D eigenvalue weighted by Gasteiger charge is -2.10. The number of amides is 1. The first-order valence-corrected chi connectivity index (χ1v) is 9.28. The fraction of sp³-hybridized carbons (Fsp3) is 0.0833. The molecular weight excluding hydrogens is 362 g/mol. The standard InChI is InChI=1S/C24H23N3O2/c1-29-23-15-9-8-14-22(23)25-18-24(28)27-26-21(20-12-6-3-7-13-20)17-16-19-10-4-2-5-11-19/h2-17,25H,18H2,1H3,(H,27,28)/b17-16+,26-21-. The molecule has 0 aliphatic heterocycles. The minimum atomic E-state index is -0.252. The predicted molar refractivity (Wildman–Crippen MR) is 118 cm³/mol. The van der Waals surface area contributed by atoms with Crippen molar-refractivity contribution in [3.8, 4) is 5.75 Å². The molecule has 3 rings (SSSR count). The number of carbonyl (C=O) groups excluding carboxylic acids is 1. The van der Waals surface area contributed by atoms with Crippen molar-refractivity contribution in [2.45, 2.75) is 0 Å². The molecule has 3 aromatic rings. The van der Waals surface area contributed by atoms with Crippen LogP contribution in [-0.2, 0) is 4.79 Å². The Morgan fingerprint density at radius 1 is 0.931 bits per heavy atom. The second-order valence-electron chi connectivity index (χ2n) is 6.20. The summed E-state index contributed by atoms with van der Waals surface area (Å²) in [6.07, 6.45) is 3.85. The normalized spacial score (nSPS) is 11.3. The third-order valence-electron chi connectivity index (χ3n) is 4.15. The van der Waals surface area contributed by atoms with Gasteiger partial charge in [0.2, 0.25) is 0 Å². The Balaban J connectivity index is 1.69. The summed E-state index contributed by atoms with van der Waals surface area (Å²) in [5.41, 5.74) is 6.01. The van der Waals surface area contributed by atoms with E-state index in [2.05, 4.69) is 15.8 Å². The zero-order valence-electron chi connectivity index (χ0n) is 16.2. The molecule has 1 amide bonds. The second kappa shape index (κ2) is 10.5. The van der Waals surface area contributed by atoms with E-state index in [-0.39, 0.29) is 12.5 Å². The van der Waals surface area contributed by atoms with Crippen LogP contribution in [0.4, 0.5) is 5.69 Å². The lowest BCUT2D eigenvalue weighted by atomic mass is 10.1. The molecule has 5 nitrogen and oxygen atoms in total. The largest absolute Gasteiger partial charge is 0.495 e. The van der Waals surface area contributed by atoms with Crippen molar-refractivity contribution < 1.29 is 9.53 Å². The molecule has 3 aromatic carbocycles. The molecule has 0 saturated carbocycles. The maximum Gasteiger partial charge on any atom is 0.259 e. The molecule has 0 aliphatic rings. The number of rotatable bonds is 8. The minimum absolute atomic E-state index is 0.0777. The van der Waals surface area contributed by atoms with E-state index < -0.39 is 0 Å². The summed E-state index contributed by atoms with van der Waals surface area (Å²) in [6.45, 7) is 0.0777. The van der Waals surface area contributed by atoms with E-state index in [0.29, 0.717) is 11.5 Å². The van der Waals surface area contributed by atoms with E-state index in [9.17, 15) is 4.79 Å². The number of hydrazone groups is 1. The lowest BCUT2D eigenvalue weighted by molar-refractivity contribution is -0.119. The number of ether oxygens (including phenoxy) is 1. The summed E-state index contributed by atoms with van der Waals surface area (Å²) < 4.78 is 5.28. The molecule has 29 heavy (non-hydrogen) atoms. The van der Waals surface area contributed by atoms with Gasteiger partial charge in [0.15, 0.2) is 0 Å². The summed E-state index contributed by atoms with van der Waals surface area (Å²) in [5, 5.41) is 7.38. The van der Waals surface area contributed by atoms with Crippen molar-refractivity contribution in [1.82, 2.24) is 5.43 Å². The number of hydrogen-bond donors (Lipinski definition) is 2. The van der Waals surface area contributed by atoms with Crippen LogP contribution in [0.1, 0.15) is 11.1 Å². The summed E-state index contributed by atoms with van der Waals surface area (Å²) >= 11 is 0. The van der Waals surface area contributed by atoms with Crippen molar-refractivity contribution in [3.63, 3.8) is 0 Å². The van der Waals surface area contributed by atoms with Gasteiger partial charge in [-0.25, -0.2) is 5.43 Å². The molecule has 0 fully saturated rings. The average Bonchev–Trinajstić information content (AvgIpc) is 2.79. The fourth-order valence-corrected chi connectivity index (χ4v) is 2.67. The molecule has 0 radical (unpaired) electrons. The van der Waals surface area contributed by atoms with Gasteiger partial charge in [0.05, 0.1) is 25.1 Å². The Labute approximate surface area is 170 Å². The highest BCUT2D eigenvalue weighted by Gasteiger charge is 2.05. The van der Waals surface area contributed by atoms with Crippen molar-refractivity contribution in [1.29, 1.82) is 0 Å². The number of allylic oxidation sites excluding steroid dienone is 1. The summed E-state index contributed by atoms with van der Waals surface area (Å²) in [4.78, 5) is 12.3. The monoisotopic (exact) mass is 385 g/mol. The number of nitrogens with one attached hydrogen (secondary N) is 2. The Bertz CT molecular complexity index is 983. The van der Waals surface area contributed by atoms with Crippen LogP contribution in [0.5, 0.6) is 5.75 Å². The number of hydrogen-bond acceptors (Lipinski definition) is 4. The molecule has 5 heteroatoms. The highest BCUT2D eigenvalue weighted by molar-refractivity contribution is 6.11. The first kappa shape index (κ1) is 19.9. The number of methoxy groups -OCH3 is 1. The van der Waals surface area contributed by atoms with Crippen molar-refractivity contribution in [2.24, 2.45) is 5.10 Å². The molecule has 0 aliphatic carbocycles. The highest BCUT2D eigenvalue weighted by atomic mass is 16.5. The number of nitrogens with zero attached hydrogens (tertiary/aromatic N) is 1. The van der Waals surface area contributed by atoms with Gasteiger partial charge in [-0.15, -0.1) is 0 Å². The maximum atomic E-state index is 12.3. The minimum Gasteiger partial charge on any atom is -0.495 e. The van der Waals surface area contributed by atoms with E-state index in [1.165, 1.54) is 0 Å². The Morgan fingerprint density at radius 2 is 1.59 bits per heavy atom. The highest BCUT2D eigenvalue weighted by Crippen LogP contribution is 2.22. The Kier molecular flexibility index (Phi) is 7.18. The van der Waals surface area contributed by atoms with Gasteiger partial charge in [0.1, 0.15) is 5.75 Å². The van der Waals surface area contributed by atoms with Crippen LogP contribution in [0.25, 0.3) is 6.08 Å². The van der Waals surface area contributed by atoms with E-state index in [4.69, 9.17) is 4.74 Å². The first-order chi connectivity index (χ1) is 14.3. The number of carbonyl (C=O) groups is 1. The lowest BCUT2D eigenvalue weighted by Crippen LogP contribution is -2.27. The molecule has 146 valence electrons. The summed E-state index contributed by atoms with van der Waals surface area (Å²) in [7, 11) is 1.59. The van der Waals surface area contributed by atoms with Gasteiger partial charge in [0, 0.05) is 5.56 Å². The smallest absolute Gasteiger partial charge is 0.259 e. The van der Waals surface area contributed by atoms with Gasteiger partial charge in [-0.05, 0) is 23.8 Å². The second-order valence-corrected chi connectivity index (χ2v) is 6.20. The molecule has 0 saturated heterocycles. The van der Waals surface area contributed by atoms with Crippen molar-refractivity contribution in [2.75, 3.05) is 19.0 Å². The van der Waals surface area contributed by atoms with E-state index in [1.807, 2.05) is 97.1 Å². The SMILES string of the molecule is COc1ccccc1NCC(=O)N/N=C(/C=C/c1ccccc1)c1ccccc1. The van der Waals surface area contributed by atoms with Gasteiger partial charge in [0.25, 0.3) is 5.91 Å². The number of benzene rings is 3. The quantitative estimate of drug-likeness (QED) is 0.448. The van der Waals surface area contributed by atoms with Crippen LogP contribution < -0.4 is 15.5 Å². The molecule has 0 heterocycles. The van der Waals surface area contributed by atoms with Gasteiger partial charge >= 0.3 is 0 Å². The summed E-state index contributed by atoms with van der Waals surface area (Å²) in [6, 6.07) is 27.1. The van der Waals surface area contributed by atoms with Crippen LogP contribution in [-0.4, -0.2) is 25.3 Å². The molecule has 0 bridgehead atoms. The first-order valence-electron chi connectivity index (χ1n) is 9.28. The predicted octanol–water partition coefficient (Wildman–Crippen LogP) is 4.34. The molecule has 2 N–H and O–H groups in total. The van der Waals surface area contributed by atoms with Crippen LogP contribution in [0.2, 0.25) is 0 Å². The fourth-order valence-electron chi connectivity index (χ4n) is 2.67. The maximum absolute atomic E-state index is 12.3. The van der Waals surface area contributed by atoms with Crippen molar-refractivity contribution >= 4 is 23.4 Å². The van der Waals surface area contributed by atoms with Crippen LogP contribution in [0, 0.1) is 0 Å². The third kappa shape index (κ3) is 6.07. The van der Waals surface area contributed by atoms with E-state index in [0.717, 1.165) is 16.8 Å². The van der Waals surface area contributed by atoms with Crippen LogP contribution in [0.15, 0.2) is 96.1 Å². The Hall–Kier alpha value is -3.86. The van der Waals surface area contributed by atoms with Gasteiger partial charge in [-0.3, -0.25) is 4.79 Å².